The van der Waals surface area contributed by atoms with Crippen molar-refractivity contribution in [3.8, 4) is 0 Å². The van der Waals surface area contributed by atoms with E-state index in [0.717, 1.165) is 12.1 Å². The van der Waals surface area contributed by atoms with Crippen LogP contribution in [0.25, 0.3) is 0 Å². The van der Waals surface area contributed by atoms with E-state index >= 15 is 0 Å². The molecule has 0 spiro atoms. The van der Waals surface area contributed by atoms with Gasteiger partial charge in [0.25, 0.3) is 0 Å². The van der Waals surface area contributed by atoms with Crippen molar-refractivity contribution in [3.05, 3.63) is 71.8 Å². The molecule has 0 radical (unpaired) electrons. The molecule has 3 rings (SSSR count). The summed E-state index contributed by atoms with van der Waals surface area (Å²) in [7, 11) is 0. The van der Waals surface area contributed by atoms with E-state index in [1.54, 1.807) is 0 Å². The van der Waals surface area contributed by atoms with Crippen molar-refractivity contribution in [1.29, 1.82) is 0 Å². The molecule has 2 heteroatoms. The number of nitrogens with zero attached hydrogens (tertiary/aromatic N) is 1. The van der Waals surface area contributed by atoms with Gasteiger partial charge in [-0.25, -0.2) is 0 Å². The Morgan fingerprint density at radius 2 is 1.50 bits per heavy atom. The highest BCUT2D eigenvalue weighted by Crippen LogP contribution is 2.46. The summed E-state index contributed by atoms with van der Waals surface area (Å²) < 4.78 is 0. The third-order valence-corrected chi connectivity index (χ3v) is 4.05. The summed E-state index contributed by atoms with van der Waals surface area (Å²) in [6.07, 6.45) is 0. The van der Waals surface area contributed by atoms with Crippen LogP contribution in [0.3, 0.4) is 0 Å². The Hall–Kier alpha value is -1.93. The van der Waals surface area contributed by atoms with Gasteiger partial charge in [0.1, 0.15) is 0 Å². The molecule has 0 bridgehead atoms. The molecular formula is C20H23NO. The largest absolute Gasteiger partial charge is 0.292 e. The van der Waals surface area contributed by atoms with Crippen molar-refractivity contribution in [2.75, 3.05) is 6.54 Å². The number of Topliss-reactive ketones (excluding diaryl/α,β-unsaturated/α-hetero) is 1. The van der Waals surface area contributed by atoms with E-state index in [9.17, 15) is 4.79 Å². The van der Waals surface area contributed by atoms with Crippen LogP contribution in [0.1, 0.15) is 42.7 Å². The molecule has 1 saturated heterocycles. The lowest BCUT2D eigenvalue weighted by molar-refractivity contribution is 0.0969. The van der Waals surface area contributed by atoms with Gasteiger partial charge in [-0.3, -0.25) is 9.69 Å². The molecule has 2 nitrogen and oxygen atoms in total. The zero-order valence-corrected chi connectivity index (χ0v) is 13.5. The maximum Gasteiger partial charge on any atom is 0.181 e. The first-order valence-corrected chi connectivity index (χ1v) is 7.87. The lowest BCUT2D eigenvalue weighted by Crippen LogP contribution is -2.23. The van der Waals surface area contributed by atoms with Crippen molar-refractivity contribution in [2.45, 2.75) is 32.9 Å². The summed E-state index contributed by atoms with van der Waals surface area (Å²) in [6.45, 7) is 7.59. The number of rotatable bonds is 4. The maximum atomic E-state index is 12.8. The van der Waals surface area contributed by atoms with Crippen molar-refractivity contribution in [1.82, 2.24) is 4.90 Å². The molecular weight excluding hydrogens is 270 g/mol. The number of ketones is 1. The second-order valence-corrected chi connectivity index (χ2v) is 7.26. The van der Waals surface area contributed by atoms with E-state index < -0.39 is 0 Å². The minimum absolute atomic E-state index is 0.0241. The van der Waals surface area contributed by atoms with Gasteiger partial charge in [-0.15, -0.1) is 0 Å². The number of carbonyl (C=O) groups excluding carboxylic acids is 1. The first-order valence-electron chi connectivity index (χ1n) is 7.87. The third-order valence-electron chi connectivity index (χ3n) is 4.05. The van der Waals surface area contributed by atoms with Gasteiger partial charge in [0.05, 0.1) is 12.1 Å². The summed E-state index contributed by atoms with van der Waals surface area (Å²) in [4.78, 5) is 15.2. The van der Waals surface area contributed by atoms with Gasteiger partial charge in [-0.2, -0.15) is 0 Å². The molecule has 2 aromatic rings. The molecule has 0 saturated carbocycles. The topological polar surface area (TPSA) is 20.1 Å². The quantitative estimate of drug-likeness (QED) is 0.617. The van der Waals surface area contributed by atoms with E-state index in [2.05, 4.69) is 37.8 Å². The van der Waals surface area contributed by atoms with Gasteiger partial charge in [0.2, 0.25) is 0 Å². The number of benzene rings is 2. The van der Waals surface area contributed by atoms with Gasteiger partial charge in [0.15, 0.2) is 5.78 Å². The van der Waals surface area contributed by atoms with Crippen LogP contribution in [-0.2, 0) is 0 Å². The average molecular weight is 293 g/mol. The molecule has 1 fully saturated rings. The standard InChI is InChI=1S/C20H23NO/c1-20(2,3)14-21-17(15-10-6-4-7-11-15)18(21)19(22)16-12-8-5-9-13-16/h4-13,17-18H,14H2,1-3H3. The molecule has 0 N–H and O–H groups in total. The molecule has 1 aliphatic rings. The van der Waals surface area contributed by atoms with E-state index in [1.165, 1.54) is 5.56 Å². The van der Waals surface area contributed by atoms with Crippen LogP contribution < -0.4 is 0 Å². The SMILES string of the molecule is CC(C)(C)CN1C(C(=O)c2ccccc2)C1c1ccccc1. The first-order chi connectivity index (χ1) is 10.5. The van der Waals surface area contributed by atoms with Crippen molar-refractivity contribution in [3.63, 3.8) is 0 Å². The summed E-state index contributed by atoms with van der Waals surface area (Å²) >= 11 is 0. The Labute approximate surface area is 132 Å². The molecule has 0 amide bonds. The fourth-order valence-corrected chi connectivity index (χ4v) is 3.11. The predicted octanol–water partition coefficient (Wildman–Crippen LogP) is 4.34. The lowest BCUT2D eigenvalue weighted by atomic mass is 9.97. The van der Waals surface area contributed by atoms with Gasteiger partial charge < -0.3 is 0 Å². The smallest absolute Gasteiger partial charge is 0.181 e. The van der Waals surface area contributed by atoms with E-state index in [0.29, 0.717) is 0 Å². The van der Waals surface area contributed by atoms with Crippen LogP contribution in [0.4, 0.5) is 0 Å². The van der Waals surface area contributed by atoms with E-state index in [-0.39, 0.29) is 23.3 Å². The minimum atomic E-state index is -0.0241. The second kappa shape index (κ2) is 5.69. The monoisotopic (exact) mass is 293 g/mol. The molecule has 3 unspecified atom stereocenters. The molecule has 0 aliphatic carbocycles. The van der Waals surface area contributed by atoms with Crippen LogP contribution in [-0.4, -0.2) is 23.3 Å². The summed E-state index contributed by atoms with van der Waals surface area (Å²) in [6, 6.07) is 20.2. The van der Waals surface area contributed by atoms with Crippen LogP contribution in [0, 0.1) is 5.41 Å². The Morgan fingerprint density at radius 3 is 2.05 bits per heavy atom. The Kier molecular flexibility index (Phi) is 3.88. The molecule has 1 heterocycles. The Morgan fingerprint density at radius 1 is 0.955 bits per heavy atom. The molecule has 1 aliphatic heterocycles. The van der Waals surface area contributed by atoms with Crippen molar-refractivity contribution in [2.24, 2.45) is 5.41 Å². The number of hydrogen-bond acceptors (Lipinski definition) is 2. The fourth-order valence-electron chi connectivity index (χ4n) is 3.11. The molecule has 22 heavy (non-hydrogen) atoms. The molecule has 3 atom stereocenters. The van der Waals surface area contributed by atoms with Crippen LogP contribution >= 0.6 is 0 Å². The predicted molar refractivity (Wildman–Crippen MR) is 89.9 cm³/mol. The highest BCUT2D eigenvalue weighted by Gasteiger charge is 2.53. The fraction of sp³-hybridized carbons (Fsp3) is 0.350. The van der Waals surface area contributed by atoms with Gasteiger partial charge in [-0.05, 0) is 11.0 Å². The summed E-state index contributed by atoms with van der Waals surface area (Å²) in [5, 5.41) is 0. The highest BCUT2D eigenvalue weighted by molar-refractivity contribution is 6.02. The maximum absolute atomic E-state index is 12.8. The van der Waals surface area contributed by atoms with Gasteiger partial charge in [0, 0.05) is 12.1 Å². The average Bonchev–Trinajstić information content (AvgIpc) is 3.19. The molecule has 0 aromatic heterocycles. The van der Waals surface area contributed by atoms with Crippen molar-refractivity contribution >= 4 is 5.78 Å². The van der Waals surface area contributed by atoms with E-state index in [1.807, 2.05) is 48.5 Å². The second-order valence-electron chi connectivity index (χ2n) is 7.26. The highest BCUT2D eigenvalue weighted by atomic mass is 16.1. The van der Waals surface area contributed by atoms with E-state index in [4.69, 9.17) is 0 Å². The lowest BCUT2D eigenvalue weighted by Gasteiger charge is -2.19. The third kappa shape index (κ3) is 3.12. The van der Waals surface area contributed by atoms with Crippen LogP contribution in [0.15, 0.2) is 60.7 Å². The Balaban J connectivity index is 1.86. The zero-order valence-electron chi connectivity index (χ0n) is 13.5. The number of hydrogen-bond donors (Lipinski definition) is 0. The first kappa shape index (κ1) is 15.0. The van der Waals surface area contributed by atoms with Crippen LogP contribution in [0.5, 0.6) is 0 Å². The zero-order chi connectivity index (χ0) is 15.7. The van der Waals surface area contributed by atoms with Crippen LogP contribution in [0.2, 0.25) is 0 Å². The summed E-state index contributed by atoms with van der Waals surface area (Å²) in [5.41, 5.74) is 2.23. The van der Waals surface area contributed by atoms with Crippen molar-refractivity contribution < 1.29 is 4.79 Å². The molecule has 2 aromatic carbocycles. The van der Waals surface area contributed by atoms with Gasteiger partial charge >= 0.3 is 0 Å². The Bertz CT molecular complexity index is 642. The number of carbonyl (C=O) groups is 1. The normalized spacial score (nSPS) is 24.0. The summed E-state index contributed by atoms with van der Waals surface area (Å²) in [5.74, 6) is 0.235. The minimum Gasteiger partial charge on any atom is -0.292 e. The van der Waals surface area contributed by atoms with Gasteiger partial charge in [-0.1, -0.05) is 81.4 Å². The molecule has 114 valence electrons.